The molecular weight excluding hydrogens is 197 g/mol. The number of hydrogen-bond acceptors (Lipinski definition) is 6. The molecule has 1 saturated heterocycles. The molecule has 0 saturated carbocycles. The number of rotatable bonds is 0. The molecule has 0 unspecified atom stereocenters. The van der Waals surface area contributed by atoms with Gasteiger partial charge in [0.25, 0.3) is 0 Å². The van der Waals surface area contributed by atoms with Crippen molar-refractivity contribution in [3.63, 3.8) is 0 Å². The van der Waals surface area contributed by atoms with Gasteiger partial charge < -0.3 is 28.8 Å². The molecule has 0 atom stereocenters. The van der Waals surface area contributed by atoms with Crippen molar-refractivity contribution >= 4 is 22.0 Å². The van der Waals surface area contributed by atoms with E-state index >= 15 is 0 Å². The first-order valence-corrected chi connectivity index (χ1v) is 2.12. The SMILES string of the molecule is [Na+].[Na+].[Na+].[O-]B1OB([O-])OB([O-])O1. The van der Waals surface area contributed by atoms with Crippen molar-refractivity contribution in [1.82, 2.24) is 0 Å². The third-order valence-electron chi connectivity index (χ3n) is 0.667. The van der Waals surface area contributed by atoms with Crippen molar-refractivity contribution < 1.29 is 117 Å². The molecular formula is B3Na3O6. The van der Waals surface area contributed by atoms with Crippen molar-refractivity contribution in [1.29, 1.82) is 0 Å². The molecule has 0 aromatic carbocycles. The van der Waals surface area contributed by atoms with Crippen molar-refractivity contribution in [2.24, 2.45) is 0 Å². The van der Waals surface area contributed by atoms with Gasteiger partial charge in [-0.3, -0.25) is 0 Å². The topological polar surface area (TPSA) is 96.9 Å². The molecule has 0 amide bonds. The first kappa shape index (κ1) is 20.4. The summed E-state index contributed by atoms with van der Waals surface area (Å²) < 4.78 is 11.4. The Labute approximate surface area is 137 Å². The Hall–Kier alpha value is 2.95. The average molecular weight is 197 g/mol. The Bertz CT molecular complexity index is 79.0. The van der Waals surface area contributed by atoms with Crippen LogP contribution in [-0.2, 0) is 13.7 Å². The maximum atomic E-state index is 10.0. The first-order valence-electron chi connectivity index (χ1n) is 2.12. The smallest absolute Gasteiger partial charge is 0.833 e. The molecule has 0 spiro atoms. The van der Waals surface area contributed by atoms with Crippen LogP contribution in [0.3, 0.4) is 0 Å². The van der Waals surface area contributed by atoms with Crippen molar-refractivity contribution in [3.05, 3.63) is 0 Å². The monoisotopic (exact) mass is 198 g/mol. The second-order valence-corrected chi connectivity index (χ2v) is 1.27. The van der Waals surface area contributed by atoms with Crippen LogP contribution < -0.4 is 104 Å². The maximum absolute atomic E-state index is 10.0. The van der Waals surface area contributed by atoms with E-state index in [0.717, 1.165) is 0 Å². The van der Waals surface area contributed by atoms with Crippen molar-refractivity contribution in [2.45, 2.75) is 0 Å². The summed E-state index contributed by atoms with van der Waals surface area (Å²) in [4.78, 5) is 0. The van der Waals surface area contributed by atoms with Gasteiger partial charge >= 0.3 is 111 Å². The zero-order valence-electron chi connectivity index (χ0n) is 7.18. The molecule has 0 aromatic heterocycles. The van der Waals surface area contributed by atoms with E-state index in [0.29, 0.717) is 0 Å². The summed E-state index contributed by atoms with van der Waals surface area (Å²) >= 11 is 0. The summed E-state index contributed by atoms with van der Waals surface area (Å²) in [5.74, 6) is 0. The Balaban J connectivity index is -0.000000270. The summed E-state index contributed by atoms with van der Waals surface area (Å²) in [6.45, 7) is 0. The van der Waals surface area contributed by atoms with Crippen LogP contribution in [0.4, 0.5) is 0 Å². The van der Waals surface area contributed by atoms with Gasteiger partial charge in [0.15, 0.2) is 0 Å². The predicted molar refractivity (Wildman–Crippen MR) is 20.5 cm³/mol. The molecule has 0 radical (unpaired) electrons. The molecule has 0 bridgehead atoms. The van der Waals surface area contributed by atoms with Gasteiger partial charge in [0, 0.05) is 0 Å². The van der Waals surface area contributed by atoms with Crippen LogP contribution in [0.2, 0.25) is 0 Å². The van der Waals surface area contributed by atoms with Crippen LogP contribution in [0, 0.1) is 0 Å². The summed E-state index contributed by atoms with van der Waals surface area (Å²) in [6.07, 6.45) is 0. The van der Waals surface area contributed by atoms with Crippen LogP contribution in [0.5, 0.6) is 0 Å². The van der Waals surface area contributed by atoms with Gasteiger partial charge in [-0.25, -0.2) is 0 Å². The number of hydrogen-bond donors (Lipinski definition) is 0. The Morgan fingerprint density at radius 2 is 0.750 bits per heavy atom. The standard InChI is InChI=1S/B3O6.3Na/c4-1-7-2(5)9-3(6)8-1;;;/q-3;3*+1. The van der Waals surface area contributed by atoms with Gasteiger partial charge in [0.1, 0.15) is 0 Å². The minimum atomic E-state index is -2.01. The van der Waals surface area contributed by atoms with E-state index in [-0.39, 0.29) is 88.7 Å². The first-order chi connectivity index (χ1) is 4.18. The van der Waals surface area contributed by atoms with Crippen molar-refractivity contribution in [2.75, 3.05) is 0 Å². The fraction of sp³-hybridized carbons (Fsp3) is 0. The van der Waals surface area contributed by atoms with Crippen molar-refractivity contribution in [3.8, 4) is 0 Å². The molecule has 1 rings (SSSR count). The van der Waals surface area contributed by atoms with Crippen LogP contribution in [0.15, 0.2) is 0 Å². The van der Waals surface area contributed by atoms with Gasteiger partial charge in [0.05, 0.1) is 0 Å². The average Bonchev–Trinajstić information content (AvgIpc) is 1.59. The van der Waals surface area contributed by atoms with E-state index < -0.39 is 22.0 Å². The molecule has 0 aromatic rings. The summed E-state index contributed by atoms with van der Waals surface area (Å²) in [5.41, 5.74) is 0. The van der Waals surface area contributed by atoms with E-state index in [9.17, 15) is 15.1 Å². The minimum Gasteiger partial charge on any atom is -0.833 e. The van der Waals surface area contributed by atoms with Gasteiger partial charge in [0.2, 0.25) is 0 Å². The minimum absolute atomic E-state index is 0. The van der Waals surface area contributed by atoms with Gasteiger partial charge in [-0.2, -0.15) is 0 Å². The Morgan fingerprint density at radius 1 is 0.583 bits per heavy atom. The quantitative estimate of drug-likeness (QED) is 0.358. The normalized spacial score (nSPS) is 15.8. The van der Waals surface area contributed by atoms with Crippen LogP contribution >= 0.6 is 0 Å². The molecule has 1 aliphatic heterocycles. The largest absolute Gasteiger partial charge is 1.00 e. The van der Waals surface area contributed by atoms with Gasteiger partial charge in [-0.1, -0.05) is 0 Å². The second-order valence-electron chi connectivity index (χ2n) is 1.27. The Kier molecular flexibility index (Phi) is 17.8. The molecule has 0 N–H and O–H groups in total. The molecule has 1 fully saturated rings. The van der Waals surface area contributed by atoms with Crippen LogP contribution in [0.1, 0.15) is 0 Å². The third-order valence-corrected chi connectivity index (χ3v) is 0.667. The molecule has 1 heterocycles. The predicted octanol–water partition coefficient (Wildman–Crippen LogP) is -13.9. The summed E-state index contributed by atoms with van der Waals surface area (Å²) in [5, 5.41) is 30.1. The molecule has 1 aliphatic rings. The van der Waals surface area contributed by atoms with E-state index in [1.807, 2.05) is 0 Å². The fourth-order valence-corrected chi connectivity index (χ4v) is 0.368. The van der Waals surface area contributed by atoms with Gasteiger partial charge in [-0.15, -0.1) is 0 Å². The Morgan fingerprint density at radius 3 is 0.917 bits per heavy atom. The third kappa shape index (κ3) is 8.28. The summed E-state index contributed by atoms with van der Waals surface area (Å²) in [6, 6.07) is 0. The molecule has 48 valence electrons. The molecule has 12 heteroatoms. The molecule has 6 nitrogen and oxygen atoms in total. The zero-order valence-corrected chi connectivity index (χ0v) is 13.2. The van der Waals surface area contributed by atoms with Crippen LogP contribution in [0.25, 0.3) is 0 Å². The van der Waals surface area contributed by atoms with E-state index in [2.05, 4.69) is 13.7 Å². The van der Waals surface area contributed by atoms with Crippen LogP contribution in [-0.4, -0.2) is 22.0 Å². The van der Waals surface area contributed by atoms with E-state index in [4.69, 9.17) is 0 Å². The fourth-order valence-electron chi connectivity index (χ4n) is 0.368. The zero-order chi connectivity index (χ0) is 6.85. The molecule has 0 aliphatic carbocycles. The molecule has 12 heavy (non-hydrogen) atoms. The maximum Gasteiger partial charge on any atom is 1.00 e. The summed E-state index contributed by atoms with van der Waals surface area (Å²) in [7, 11) is -6.03. The van der Waals surface area contributed by atoms with Gasteiger partial charge in [-0.05, 0) is 0 Å². The van der Waals surface area contributed by atoms with E-state index in [1.54, 1.807) is 0 Å². The second kappa shape index (κ2) is 10.5. The van der Waals surface area contributed by atoms with E-state index in [1.165, 1.54) is 0 Å².